The fourth-order valence-electron chi connectivity index (χ4n) is 6.95. The minimum atomic E-state index is -0.743. The number of hydrogen-bond donors (Lipinski definition) is 0. The van der Waals surface area contributed by atoms with Crippen molar-refractivity contribution >= 4 is 11.6 Å². The molecule has 3 aliphatic rings. The molecule has 2 saturated heterocycles. The molecule has 0 bridgehead atoms. The van der Waals surface area contributed by atoms with Crippen LogP contribution in [0.25, 0.3) is 0 Å². The molecular weight excluding hydrogens is 572 g/mol. The number of piperidine rings is 1. The lowest BCUT2D eigenvalue weighted by Gasteiger charge is -2.46. The van der Waals surface area contributed by atoms with Crippen molar-refractivity contribution in [3.63, 3.8) is 0 Å². The Morgan fingerprint density at radius 3 is 2.18 bits per heavy atom. The van der Waals surface area contributed by atoms with Crippen molar-refractivity contribution in [2.45, 2.75) is 116 Å². The Labute approximate surface area is 273 Å². The van der Waals surface area contributed by atoms with Crippen LogP contribution in [-0.2, 0) is 0 Å². The van der Waals surface area contributed by atoms with E-state index in [0.29, 0.717) is 17.6 Å². The van der Waals surface area contributed by atoms with E-state index in [1.807, 2.05) is 45.0 Å². The minimum absolute atomic E-state index is 0.0457. The van der Waals surface area contributed by atoms with E-state index in [2.05, 4.69) is 48.4 Å². The average Bonchev–Trinajstić information content (AvgIpc) is 3.06. The van der Waals surface area contributed by atoms with Crippen molar-refractivity contribution < 1.29 is 8.78 Å². The first-order chi connectivity index (χ1) is 21.2. The quantitative estimate of drug-likeness (QED) is 0.294. The van der Waals surface area contributed by atoms with Crippen LogP contribution in [0.3, 0.4) is 0 Å². The maximum Gasteiger partial charge on any atom is 0.163 e. The van der Waals surface area contributed by atoms with E-state index in [-0.39, 0.29) is 6.04 Å². The molecule has 3 nitrogen and oxygen atoms in total. The van der Waals surface area contributed by atoms with Gasteiger partial charge in [-0.1, -0.05) is 81.1 Å². The second kappa shape index (κ2) is 20.0. The van der Waals surface area contributed by atoms with Crippen LogP contribution in [0.2, 0.25) is 5.02 Å². The molecule has 5 rings (SSSR count). The third kappa shape index (κ3) is 11.0. The summed E-state index contributed by atoms with van der Waals surface area (Å²) in [4.78, 5) is 7.52. The van der Waals surface area contributed by atoms with Crippen molar-refractivity contribution in [2.75, 3.05) is 26.7 Å². The Kier molecular flexibility index (Phi) is 17.3. The molecule has 0 spiro atoms. The lowest BCUT2D eigenvalue weighted by Crippen LogP contribution is -2.54. The van der Waals surface area contributed by atoms with Crippen LogP contribution in [0, 0.1) is 18.6 Å². The maximum absolute atomic E-state index is 14.4. The Morgan fingerprint density at radius 2 is 1.57 bits per heavy atom. The summed E-state index contributed by atoms with van der Waals surface area (Å²) in [5.41, 5.74) is 2.99. The third-order valence-electron chi connectivity index (χ3n) is 9.36. The van der Waals surface area contributed by atoms with Gasteiger partial charge in [-0.3, -0.25) is 9.80 Å². The van der Waals surface area contributed by atoms with Gasteiger partial charge in [0.05, 0.1) is 0 Å². The molecule has 0 radical (unpaired) electrons. The number of benzene rings is 2. The number of rotatable bonds is 6. The molecule has 3 atom stereocenters. The zero-order valence-corrected chi connectivity index (χ0v) is 28.9. The van der Waals surface area contributed by atoms with E-state index in [1.54, 1.807) is 12.1 Å². The number of allylic oxidation sites excluding steroid dienone is 1. The van der Waals surface area contributed by atoms with Crippen molar-refractivity contribution in [1.82, 2.24) is 14.7 Å². The Morgan fingerprint density at radius 1 is 0.909 bits per heavy atom. The molecule has 1 unspecified atom stereocenters. The summed E-state index contributed by atoms with van der Waals surface area (Å²) in [5.74, 6) is -1.42. The summed E-state index contributed by atoms with van der Waals surface area (Å²) >= 11 is 5.61. The van der Waals surface area contributed by atoms with Gasteiger partial charge in [-0.2, -0.15) is 0 Å². The molecule has 246 valence electrons. The largest absolute Gasteiger partial charge is 0.370 e. The highest BCUT2D eigenvalue weighted by Crippen LogP contribution is 2.37. The fraction of sp³-hybridized carbons (Fsp3) is 0.579. The van der Waals surface area contributed by atoms with E-state index >= 15 is 0 Å². The standard InChI is InChI=1S/C27H41F2N3.C7H7Cl.C2H6.C2H4/c1-20(32-18-17-31(19-21(32)2)23-9-5-4-6-10-23)15-16-22-11-7-14-26(30(22)3)24-12-8-13-25(28)27(24)29;1-6-2-4-7(8)5-3-6;2*1-2/h8,12-13,21-23,26H,1,4-7,9-11,14-19H2,2-3H3;2-5H,1H3;1-2H3;1-2H2/t21?,22-,26+;;;/m1.../s1. The average molecular weight is 630 g/mol. The number of piperazine rings is 1. The van der Waals surface area contributed by atoms with Crippen molar-refractivity contribution in [3.8, 4) is 0 Å². The van der Waals surface area contributed by atoms with Gasteiger partial charge in [0, 0.05) is 60.1 Å². The highest BCUT2D eigenvalue weighted by molar-refractivity contribution is 6.30. The second-order valence-electron chi connectivity index (χ2n) is 12.1. The van der Waals surface area contributed by atoms with E-state index in [0.717, 1.165) is 62.8 Å². The molecular formula is C38H58ClF2N3. The Balaban J connectivity index is 0.000000478. The summed E-state index contributed by atoms with van der Waals surface area (Å²) in [6, 6.07) is 14.0. The summed E-state index contributed by atoms with van der Waals surface area (Å²) in [7, 11) is 2.08. The molecule has 0 aromatic heterocycles. The monoisotopic (exact) mass is 629 g/mol. The van der Waals surface area contributed by atoms with Gasteiger partial charge in [0.1, 0.15) is 0 Å². The molecule has 6 heteroatoms. The van der Waals surface area contributed by atoms with Crippen LogP contribution in [0.1, 0.15) is 102 Å². The van der Waals surface area contributed by atoms with Gasteiger partial charge < -0.3 is 4.90 Å². The summed E-state index contributed by atoms with van der Waals surface area (Å²) in [6.45, 7) is 22.2. The van der Waals surface area contributed by atoms with E-state index in [1.165, 1.54) is 49.4 Å². The van der Waals surface area contributed by atoms with Gasteiger partial charge in [0.2, 0.25) is 0 Å². The molecule has 2 heterocycles. The van der Waals surface area contributed by atoms with Gasteiger partial charge in [-0.15, -0.1) is 13.2 Å². The molecule has 0 N–H and O–H groups in total. The molecule has 2 aliphatic heterocycles. The van der Waals surface area contributed by atoms with Crippen LogP contribution >= 0.6 is 11.6 Å². The van der Waals surface area contributed by atoms with E-state index < -0.39 is 11.6 Å². The van der Waals surface area contributed by atoms with Gasteiger partial charge in [-0.25, -0.2) is 8.78 Å². The second-order valence-corrected chi connectivity index (χ2v) is 12.6. The van der Waals surface area contributed by atoms with Gasteiger partial charge in [-0.05, 0) is 84.0 Å². The topological polar surface area (TPSA) is 9.72 Å². The first-order valence-electron chi connectivity index (χ1n) is 16.8. The van der Waals surface area contributed by atoms with Crippen LogP contribution in [-0.4, -0.2) is 59.5 Å². The number of halogens is 3. The predicted molar refractivity (Wildman–Crippen MR) is 186 cm³/mol. The summed E-state index contributed by atoms with van der Waals surface area (Å²) < 4.78 is 28.2. The highest BCUT2D eigenvalue weighted by Gasteiger charge is 2.32. The van der Waals surface area contributed by atoms with Crippen molar-refractivity contribution in [3.05, 3.63) is 95.7 Å². The molecule has 2 aromatic rings. The van der Waals surface area contributed by atoms with Gasteiger partial charge in [0.15, 0.2) is 11.6 Å². The van der Waals surface area contributed by atoms with Crippen molar-refractivity contribution in [1.29, 1.82) is 0 Å². The zero-order valence-electron chi connectivity index (χ0n) is 28.1. The van der Waals surface area contributed by atoms with Crippen LogP contribution < -0.4 is 0 Å². The normalized spacial score (nSPS) is 22.8. The van der Waals surface area contributed by atoms with Crippen LogP contribution in [0.5, 0.6) is 0 Å². The smallest absolute Gasteiger partial charge is 0.163 e. The fourth-order valence-corrected chi connectivity index (χ4v) is 7.08. The Hall–Kier alpha value is -2.21. The molecule has 1 saturated carbocycles. The predicted octanol–water partition coefficient (Wildman–Crippen LogP) is 10.6. The van der Waals surface area contributed by atoms with E-state index in [4.69, 9.17) is 11.6 Å². The number of likely N-dealkylation sites (tertiary alicyclic amines) is 1. The van der Waals surface area contributed by atoms with Crippen molar-refractivity contribution in [2.24, 2.45) is 0 Å². The van der Waals surface area contributed by atoms with Gasteiger partial charge >= 0.3 is 0 Å². The SMILES string of the molecule is C=C.C=C(CC[C@H]1CCC[C@@H](c2cccc(F)c2F)N1C)N1CCN(C2CCCCC2)CC1C.CC.Cc1ccc(Cl)cc1. The number of nitrogens with zero attached hydrogens (tertiary/aromatic N) is 3. The summed E-state index contributed by atoms with van der Waals surface area (Å²) in [6.07, 6.45) is 12.0. The van der Waals surface area contributed by atoms with Crippen LogP contribution in [0.4, 0.5) is 8.78 Å². The van der Waals surface area contributed by atoms with Gasteiger partial charge in [0.25, 0.3) is 0 Å². The maximum atomic E-state index is 14.4. The molecule has 0 amide bonds. The highest BCUT2D eigenvalue weighted by atomic mass is 35.5. The third-order valence-corrected chi connectivity index (χ3v) is 9.61. The lowest BCUT2D eigenvalue weighted by molar-refractivity contribution is 0.0573. The molecule has 3 fully saturated rings. The summed E-state index contributed by atoms with van der Waals surface area (Å²) in [5, 5.41) is 0.801. The lowest BCUT2D eigenvalue weighted by atomic mass is 9.89. The van der Waals surface area contributed by atoms with Crippen LogP contribution in [0.15, 0.2) is 67.9 Å². The molecule has 1 aliphatic carbocycles. The molecule has 2 aromatic carbocycles. The number of hydrogen-bond acceptors (Lipinski definition) is 3. The van der Waals surface area contributed by atoms with E-state index in [9.17, 15) is 8.78 Å². The zero-order chi connectivity index (χ0) is 32.6. The number of aryl methyl sites for hydroxylation is 1. The first kappa shape index (κ1) is 38.0. The first-order valence-corrected chi connectivity index (χ1v) is 17.2. The Bertz CT molecular complexity index is 1080. The minimum Gasteiger partial charge on any atom is -0.370 e. The molecule has 44 heavy (non-hydrogen) atoms.